The highest BCUT2D eigenvalue weighted by Gasteiger charge is 2.28. The van der Waals surface area contributed by atoms with Crippen molar-refractivity contribution in [1.82, 2.24) is 20.5 Å². The molecule has 2 aromatic heterocycles. The van der Waals surface area contributed by atoms with Crippen LogP contribution in [0.4, 0.5) is 5.13 Å². The van der Waals surface area contributed by atoms with Crippen LogP contribution in [0.1, 0.15) is 17.9 Å². The van der Waals surface area contributed by atoms with Gasteiger partial charge in [-0.2, -0.15) is 0 Å². The molecule has 0 bridgehead atoms. The summed E-state index contributed by atoms with van der Waals surface area (Å²) in [6, 6.07) is 19.5. The van der Waals surface area contributed by atoms with Crippen LogP contribution in [0.5, 0.6) is 0 Å². The summed E-state index contributed by atoms with van der Waals surface area (Å²) < 4.78 is 0. The van der Waals surface area contributed by atoms with Gasteiger partial charge in [-0.1, -0.05) is 53.8 Å². The minimum atomic E-state index is 0.405. The van der Waals surface area contributed by atoms with Crippen molar-refractivity contribution in [3.05, 3.63) is 72.6 Å². The van der Waals surface area contributed by atoms with Crippen LogP contribution in [-0.4, -0.2) is 34.3 Å². The van der Waals surface area contributed by atoms with Crippen molar-refractivity contribution in [2.75, 3.05) is 18.4 Å². The summed E-state index contributed by atoms with van der Waals surface area (Å²) in [5.41, 5.74) is 2.49. The number of fused-ring (bicyclic) bond motifs is 1. The van der Waals surface area contributed by atoms with E-state index >= 15 is 0 Å². The Balaban J connectivity index is 1.28. The molecule has 0 radical (unpaired) electrons. The van der Waals surface area contributed by atoms with Gasteiger partial charge in [-0.05, 0) is 36.0 Å². The van der Waals surface area contributed by atoms with Gasteiger partial charge < -0.3 is 10.6 Å². The van der Waals surface area contributed by atoms with Crippen molar-refractivity contribution in [2.24, 2.45) is 0 Å². The minimum absolute atomic E-state index is 0.405. The van der Waals surface area contributed by atoms with Gasteiger partial charge in [0.1, 0.15) is 5.01 Å². The van der Waals surface area contributed by atoms with Gasteiger partial charge in [0.25, 0.3) is 0 Å². The number of aromatic nitrogens is 3. The highest BCUT2D eigenvalue weighted by molar-refractivity contribution is 7.18. The Morgan fingerprint density at radius 1 is 1.04 bits per heavy atom. The van der Waals surface area contributed by atoms with Crippen molar-refractivity contribution in [3.8, 4) is 10.6 Å². The van der Waals surface area contributed by atoms with E-state index in [-0.39, 0.29) is 0 Å². The molecule has 4 aromatic rings. The monoisotopic (exact) mass is 387 g/mol. The Hall–Kier alpha value is -2.83. The third-order valence-corrected chi connectivity index (χ3v) is 6.29. The molecular weight excluding hydrogens is 366 g/mol. The van der Waals surface area contributed by atoms with E-state index in [1.54, 1.807) is 11.3 Å². The van der Waals surface area contributed by atoms with Crippen LogP contribution >= 0.6 is 11.3 Å². The Labute approximate surface area is 167 Å². The first-order valence-corrected chi connectivity index (χ1v) is 10.4. The molecule has 1 aliphatic heterocycles. The molecule has 3 heterocycles. The van der Waals surface area contributed by atoms with E-state index in [4.69, 9.17) is 0 Å². The predicted molar refractivity (Wildman–Crippen MR) is 115 cm³/mol. The molecule has 140 valence electrons. The fraction of sp³-hybridized carbons (Fsp3) is 0.227. The number of nitrogens with one attached hydrogen (secondary N) is 2. The normalized spacial score (nSPS) is 19.1. The maximum atomic E-state index is 4.39. The lowest BCUT2D eigenvalue weighted by molar-refractivity contribution is 0.570. The van der Waals surface area contributed by atoms with E-state index in [0.29, 0.717) is 12.0 Å². The Morgan fingerprint density at radius 2 is 1.96 bits per heavy atom. The van der Waals surface area contributed by atoms with E-state index in [0.717, 1.165) is 39.6 Å². The van der Waals surface area contributed by atoms with Gasteiger partial charge >= 0.3 is 0 Å². The summed E-state index contributed by atoms with van der Waals surface area (Å²) in [7, 11) is 0. The van der Waals surface area contributed by atoms with Gasteiger partial charge in [0.2, 0.25) is 5.13 Å². The quantitative estimate of drug-likeness (QED) is 0.534. The molecule has 2 aromatic carbocycles. The van der Waals surface area contributed by atoms with Gasteiger partial charge in [-0.3, -0.25) is 4.98 Å². The molecule has 1 fully saturated rings. The number of rotatable bonds is 5. The lowest BCUT2D eigenvalue weighted by atomic mass is 9.92. The number of nitrogens with zero attached hydrogens (tertiary/aromatic N) is 3. The van der Waals surface area contributed by atoms with Crippen molar-refractivity contribution in [1.29, 1.82) is 0 Å². The van der Waals surface area contributed by atoms with Crippen LogP contribution in [-0.2, 0) is 0 Å². The number of hydrogen-bond donors (Lipinski definition) is 2. The zero-order valence-electron chi connectivity index (χ0n) is 15.4. The number of hydrogen-bond acceptors (Lipinski definition) is 6. The van der Waals surface area contributed by atoms with Crippen molar-refractivity contribution in [2.45, 2.75) is 18.4 Å². The fourth-order valence-corrected chi connectivity index (χ4v) is 4.65. The first-order chi connectivity index (χ1) is 13.9. The lowest BCUT2D eigenvalue weighted by Gasteiger charge is -2.20. The second kappa shape index (κ2) is 7.66. The van der Waals surface area contributed by atoms with E-state index in [2.05, 4.69) is 74.3 Å². The first kappa shape index (κ1) is 17.3. The molecule has 5 rings (SSSR count). The zero-order chi connectivity index (χ0) is 18.8. The number of benzene rings is 2. The van der Waals surface area contributed by atoms with Crippen LogP contribution < -0.4 is 10.6 Å². The maximum Gasteiger partial charge on any atom is 0.206 e. The van der Waals surface area contributed by atoms with Crippen LogP contribution in [0.3, 0.4) is 0 Å². The highest BCUT2D eigenvalue weighted by atomic mass is 32.1. The topological polar surface area (TPSA) is 62.7 Å². The summed E-state index contributed by atoms with van der Waals surface area (Å²) in [6.45, 7) is 1.90. The first-order valence-electron chi connectivity index (χ1n) is 9.57. The lowest BCUT2D eigenvalue weighted by Crippen LogP contribution is -2.33. The summed E-state index contributed by atoms with van der Waals surface area (Å²) in [5.74, 6) is 0.537. The molecular formula is C22H21N5S. The van der Waals surface area contributed by atoms with Crippen LogP contribution in [0.15, 0.2) is 67.0 Å². The molecule has 0 aliphatic carbocycles. The molecule has 1 aliphatic rings. The largest absolute Gasteiger partial charge is 0.358 e. The van der Waals surface area contributed by atoms with Crippen molar-refractivity contribution >= 4 is 27.2 Å². The molecule has 0 amide bonds. The molecule has 0 saturated carbocycles. The Morgan fingerprint density at radius 3 is 2.89 bits per heavy atom. The zero-order valence-corrected chi connectivity index (χ0v) is 16.2. The predicted octanol–water partition coefficient (Wildman–Crippen LogP) is 4.31. The molecule has 2 atom stereocenters. The molecule has 0 unspecified atom stereocenters. The minimum Gasteiger partial charge on any atom is -0.358 e. The van der Waals surface area contributed by atoms with Gasteiger partial charge in [0.05, 0.1) is 0 Å². The van der Waals surface area contributed by atoms with Crippen LogP contribution in [0.2, 0.25) is 0 Å². The summed E-state index contributed by atoms with van der Waals surface area (Å²) in [5, 5.41) is 19.9. The average Bonchev–Trinajstić information content (AvgIpc) is 3.42. The molecule has 5 nitrogen and oxygen atoms in total. The van der Waals surface area contributed by atoms with Crippen LogP contribution in [0, 0.1) is 0 Å². The molecule has 28 heavy (non-hydrogen) atoms. The van der Waals surface area contributed by atoms with Gasteiger partial charge in [-0.15, -0.1) is 10.2 Å². The van der Waals surface area contributed by atoms with E-state index in [1.165, 1.54) is 12.0 Å². The summed E-state index contributed by atoms with van der Waals surface area (Å²) >= 11 is 1.60. The summed E-state index contributed by atoms with van der Waals surface area (Å²) in [6.07, 6.45) is 4.87. The summed E-state index contributed by atoms with van der Waals surface area (Å²) in [4.78, 5) is 4.17. The van der Waals surface area contributed by atoms with Crippen LogP contribution in [0.25, 0.3) is 21.3 Å². The number of pyridine rings is 1. The maximum absolute atomic E-state index is 4.39. The Bertz CT molecular complexity index is 1080. The van der Waals surface area contributed by atoms with Crippen molar-refractivity contribution < 1.29 is 0 Å². The van der Waals surface area contributed by atoms with Gasteiger partial charge in [0.15, 0.2) is 0 Å². The van der Waals surface area contributed by atoms with Gasteiger partial charge in [0, 0.05) is 41.8 Å². The molecule has 0 spiro atoms. The second-order valence-electron chi connectivity index (χ2n) is 7.10. The molecule has 1 saturated heterocycles. The SMILES string of the molecule is c1ccc([C@@H]2CCN[C@@H]2CNc2nnc(-c3ccc4cnccc4c3)s2)cc1. The second-order valence-corrected chi connectivity index (χ2v) is 8.07. The van der Waals surface area contributed by atoms with Gasteiger partial charge in [-0.25, -0.2) is 0 Å². The average molecular weight is 388 g/mol. The third kappa shape index (κ3) is 3.48. The number of anilines is 1. The standard InChI is InChI=1S/C22H21N5S/c1-2-4-15(5-3-1)19-9-11-24-20(19)14-25-22-27-26-21(28-22)17-6-7-18-13-23-10-8-16(18)12-17/h1-8,10,12-13,19-20,24H,9,11,14H2,(H,25,27)/t19-,20+/m0/s1. The molecule has 6 heteroatoms. The van der Waals surface area contributed by atoms with E-state index in [1.807, 2.05) is 18.5 Å². The Kier molecular flexibility index (Phi) is 4.72. The highest BCUT2D eigenvalue weighted by Crippen LogP contribution is 2.30. The fourth-order valence-electron chi connectivity index (χ4n) is 3.91. The third-order valence-electron chi connectivity index (χ3n) is 5.36. The molecule has 2 N–H and O–H groups in total. The van der Waals surface area contributed by atoms with E-state index in [9.17, 15) is 0 Å². The smallest absolute Gasteiger partial charge is 0.206 e. The van der Waals surface area contributed by atoms with E-state index < -0.39 is 0 Å². The van der Waals surface area contributed by atoms with Crippen molar-refractivity contribution in [3.63, 3.8) is 0 Å².